The van der Waals surface area contributed by atoms with Crippen molar-refractivity contribution in [3.63, 3.8) is 0 Å². The van der Waals surface area contributed by atoms with Crippen LogP contribution in [-0.2, 0) is 0 Å². The van der Waals surface area contributed by atoms with Crippen molar-refractivity contribution in [2.75, 3.05) is 6.61 Å². The fourth-order valence-corrected chi connectivity index (χ4v) is 6.91. The highest BCUT2D eigenvalue weighted by atomic mass is 16.3. The molecule has 0 saturated heterocycles. The summed E-state index contributed by atoms with van der Waals surface area (Å²) >= 11 is 0. The summed E-state index contributed by atoms with van der Waals surface area (Å²) in [6.07, 6.45) is 1.86. The first-order valence-electron chi connectivity index (χ1n) is 7.32. The SMILES string of the molecule is CC(C)(O)C1CCC2(C)C3C(O)C4C(C13)C42CO. The third-order valence-electron chi connectivity index (χ3n) is 7.44. The average molecular weight is 252 g/mol. The van der Waals surface area contributed by atoms with Crippen LogP contribution in [0.1, 0.15) is 33.6 Å². The van der Waals surface area contributed by atoms with E-state index in [4.69, 9.17) is 0 Å². The van der Waals surface area contributed by atoms with E-state index in [0.29, 0.717) is 23.7 Å². The molecule has 3 heteroatoms. The van der Waals surface area contributed by atoms with Crippen LogP contribution in [0.2, 0.25) is 0 Å². The predicted molar refractivity (Wildman–Crippen MR) is 66.6 cm³/mol. The molecule has 3 nitrogen and oxygen atoms in total. The first-order valence-corrected chi connectivity index (χ1v) is 7.32. The second kappa shape index (κ2) is 2.82. The van der Waals surface area contributed by atoms with Gasteiger partial charge in [0.25, 0.3) is 0 Å². The van der Waals surface area contributed by atoms with Gasteiger partial charge in [-0.15, -0.1) is 0 Å². The van der Waals surface area contributed by atoms with Crippen LogP contribution >= 0.6 is 0 Å². The quantitative estimate of drug-likeness (QED) is 0.687. The number of hydrogen-bond acceptors (Lipinski definition) is 3. The Hall–Kier alpha value is -0.120. The highest BCUT2D eigenvalue weighted by molar-refractivity contribution is 5.38. The van der Waals surface area contributed by atoms with Crippen LogP contribution in [0.4, 0.5) is 0 Å². The molecular formula is C15H24O3. The van der Waals surface area contributed by atoms with E-state index < -0.39 is 5.60 Å². The Balaban J connectivity index is 1.81. The van der Waals surface area contributed by atoms with Crippen molar-refractivity contribution < 1.29 is 15.3 Å². The van der Waals surface area contributed by atoms with Crippen molar-refractivity contribution in [1.82, 2.24) is 0 Å². The van der Waals surface area contributed by atoms with Gasteiger partial charge in [0.05, 0.1) is 11.7 Å². The van der Waals surface area contributed by atoms with Gasteiger partial charge in [0, 0.05) is 12.0 Å². The molecule has 5 aliphatic carbocycles. The van der Waals surface area contributed by atoms with Gasteiger partial charge in [-0.3, -0.25) is 0 Å². The van der Waals surface area contributed by atoms with Gasteiger partial charge < -0.3 is 15.3 Å². The standard InChI is InChI=1S/C15H24O3/c1-13(2,18)7-4-5-14(3)10-8(7)9-11(12(10)17)15(9,14)6-16/h7-12,16-18H,4-6H2,1-3H3. The van der Waals surface area contributed by atoms with Crippen molar-refractivity contribution in [3.05, 3.63) is 0 Å². The Morgan fingerprint density at radius 3 is 2.44 bits per heavy atom. The molecule has 0 aromatic rings. The number of aliphatic hydroxyl groups is 3. The fourth-order valence-electron chi connectivity index (χ4n) is 6.91. The van der Waals surface area contributed by atoms with E-state index in [1.165, 1.54) is 0 Å². The molecule has 5 saturated carbocycles. The minimum absolute atomic E-state index is 0.0122. The van der Waals surface area contributed by atoms with Crippen LogP contribution in [0, 0.1) is 40.4 Å². The largest absolute Gasteiger partial charge is 0.396 e. The van der Waals surface area contributed by atoms with Gasteiger partial charge in [-0.05, 0) is 61.7 Å². The van der Waals surface area contributed by atoms with Crippen LogP contribution in [0.25, 0.3) is 0 Å². The van der Waals surface area contributed by atoms with Crippen LogP contribution in [0.3, 0.4) is 0 Å². The molecule has 0 spiro atoms. The normalized spacial score (nSPS) is 64.3. The lowest BCUT2D eigenvalue weighted by atomic mass is 9.60. The highest BCUT2D eigenvalue weighted by Crippen LogP contribution is 2.91. The van der Waals surface area contributed by atoms with Crippen LogP contribution in [0.5, 0.6) is 0 Å². The molecule has 5 rings (SSSR count). The second-order valence-corrected chi connectivity index (χ2v) is 8.06. The molecule has 0 aromatic carbocycles. The van der Waals surface area contributed by atoms with Gasteiger partial charge in [0.1, 0.15) is 0 Å². The summed E-state index contributed by atoms with van der Waals surface area (Å²) in [5.74, 6) is 1.80. The summed E-state index contributed by atoms with van der Waals surface area (Å²) < 4.78 is 0. The van der Waals surface area contributed by atoms with Crippen LogP contribution < -0.4 is 0 Å². The van der Waals surface area contributed by atoms with Gasteiger partial charge >= 0.3 is 0 Å². The molecular weight excluding hydrogens is 228 g/mol. The molecule has 6 bridgehead atoms. The van der Waals surface area contributed by atoms with Crippen molar-refractivity contribution >= 4 is 0 Å². The first-order chi connectivity index (χ1) is 8.30. The maximum absolute atomic E-state index is 10.5. The molecule has 102 valence electrons. The van der Waals surface area contributed by atoms with E-state index in [9.17, 15) is 15.3 Å². The van der Waals surface area contributed by atoms with Gasteiger partial charge in [-0.2, -0.15) is 0 Å². The molecule has 18 heavy (non-hydrogen) atoms. The summed E-state index contributed by atoms with van der Waals surface area (Å²) in [5.41, 5.74) is -0.558. The summed E-state index contributed by atoms with van der Waals surface area (Å²) in [6.45, 7) is 6.32. The monoisotopic (exact) mass is 252 g/mol. The Bertz CT molecular complexity index is 414. The smallest absolute Gasteiger partial charge is 0.0622 e. The van der Waals surface area contributed by atoms with Gasteiger partial charge in [0.15, 0.2) is 0 Å². The lowest BCUT2D eigenvalue weighted by Gasteiger charge is -2.46. The molecule has 8 unspecified atom stereocenters. The minimum atomic E-state index is -0.660. The van der Waals surface area contributed by atoms with E-state index >= 15 is 0 Å². The lowest BCUT2D eigenvalue weighted by molar-refractivity contribution is -0.0725. The molecule has 5 aliphatic rings. The van der Waals surface area contributed by atoms with Crippen molar-refractivity contribution in [3.8, 4) is 0 Å². The van der Waals surface area contributed by atoms with E-state index in [1.54, 1.807) is 0 Å². The van der Waals surface area contributed by atoms with Crippen molar-refractivity contribution in [1.29, 1.82) is 0 Å². The number of rotatable bonds is 2. The molecule has 0 aliphatic heterocycles. The minimum Gasteiger partial charge on any atom is -0.396 e. The zero-order chi connectivity index (χ0) is 13.1. The van der Waals surface area contributed by atoms with Crippen molar-refractivity contribution in [2.45, 2.75) is 45.3 Å². The van der Waals surface area contributed by atoms with Crippen LogP contribution in [0.15, 0.2) is 0 Å². The fraction of sp³-hybridized carbons (Fsp3) is 1.00. The van der Waals surface area contributed by atoms with E-state index in [-0.39, 0.29) is 29.5 Å². The third-order valence-corrected chi connectivity index (χ3v) is 7.44. The highest BCUT2D eigenvalue weighted by Gasteiger charge is 2.92. The molecule has 5 fully saturated rings. The Morgan fingerprint density at radius 1 is 1.22 bits per heavy atom. The Labute approximate surface area is 108 Å². The molecule has 3 N–H and O–H groups in total. The topological polar surface area (TPSA) is 60.7 Å². The zero-order valence-electron chi connectivity index (χ0n) is 11.4. The third kappa shape index (κ3) is 0.862. The van der Waals surface area contributed by atoms with Gasteiger partial charge in [-0.1, -0.05) is 6.92 Å². The molecule has 8 atom stereocenters. The zero-order valence-corrected chi connectivity index (χ0v) is 11.4. The summed E-state index contributed by atoms with van der Waals surface area (Å²) in [7, 11) is 0. The summed E-state index contributed by atoms with van der Waals surface area (Å²) in [6, 6.07) is 0. The molecule has 0 aromatic heterocycles. The van der Waals surface area contributed by atoms with E-state index in [2.05, 4.69) is 6.92 Å². The van der Waals surface area contributed by atoms with Crippen molar-refractivity contribution in [2.24, 2.45) is 40.4 Å². The van der Waals surface area contributed by atoms with E-state index in [1.807, 2.05) is 13.8 Å². The summed E-state index contributed by atoms with van der Waals surface area (Å²) in [4.78, 5) is 0. The first kappa shape index (κ1) is 11.7. The van der Waals surface area contributed by atoms with E-state index in [0.717, 1.165) is 12.8 Å². The Morgan fingerprint density at radius 2 is 1.89 bits per heavy atom. The molecule has 0 heterocycles. The maximum Gasteiger partial charge on any atom is 0.0622 e. The Kier molecular flexibility index (Phi) is 1.83. The number of hydrogen-bond donors (Lipinski definition) is 3. The lowest BCUT2D eigenvalue weighted by Crippen LogP contribution is -2.46. The molecule has 0 amide bonds. The van der Waals surface area contributed by atoms with Gasteiger partial charge in [-0.25, -0.2) is 0 Å². The van der Waals surface area contributed by atoms with Crippen LogP contribution in [-0.4, -0.2) is 33.6 Å². The molecule has 0 radical (unpaired) electrons. The summed E-state index contributed by atoms with van der Waals surface area (Å²) in [5, 5.41) is 30.8. The maximum atomic E-state index is 10.5. The number of aliphatic hydroxyl groups excluding tert-OH is 2. The average Bonchev–Trinajstić information content (AvgIpc) is 2.75. The second-order valence-electron chi connectivity index (χ2n) is 8.06. The van der Waals surface area contributed by atoms with Gasteiger partial charge in [0.2, 0.25) is 0 Å². The predicted octanol–water partition coefficient (Wildman–Crippen LogP) is 1.02.